The molecular weight excluding hydrogens is 402 g/mol. The number of rotatable bonds is 4. The number of nitrogens with zero attached hydrogens (tertiary/aromatic N) is 2. The summed E-state index contributed by atoms with van der Waals surface area (Å²) in [5.41, 5.74) is 3.23. The molecule has 1 aliphatic heterocycles. The summed E-state index contributed by atoms with van der Waals surface area (Å²) >= 11 is 0. The molecule has 6 nitrogen and oxygen atoms in total. The average Bonchev–Trinajstić information content (AvgIpc) is 3.32. The third kappa shape index (κ3) is 3.15. The number of urea groups is 1. The third-order valence-corrected chi connectivity index (χ3v) is 6.09. The van der Waals surface area contributed by atoms with Gasteiger partial charge < -0.3 is 9.73 Å². The summed E-state index contributed by atoms with van der Waals surface area (Å²) < 4.78 is 5.67. The molecule has 6 heteroatoms. The standard InChI is InChI=1S/C26H23N3O3/c1-16-11-12-20(17(2)13-16)23-27-19(15-32-23)14-29-24(30)26(3,28-25(29)31)22-10-6-8-18-7-4-5-9-21(18)22/h4-13,15H,14H2,1-3H3,(H,28,31). The van der Waals surface area contributed by atoms with Crippen LogP contribution in [0.2, 0.25) is 0 Å². The lowest BCUT2D eigenvalue weighted by Crippen LogP contribution is -2.41. The van der Waals surface area contributed by atoms with E-state index in [0.29, 0.717) is 11.6 Å². The summed E-state index contributed by atoms with van der Waals surface area (Å²) in [6.07, 6.45) is 1.50. The van der Waals surface area contributed by atoms with Crippen molar-refractivity contribution < 1.29 is 14.0 Å². The fraction of sp³-hybridized carbons (Fsp3) is 0.192. The maximum Gasteiger partial charge on any atom is 0.325 e. The van der Waals surface area contributed by atoms with E-state index in [2.05, 4.69) is 16.4 Å². The van der Waals surface area contributed by atoms with Crippen molar-refractivity contribution in [1.29, 1.82) is 0 Å². The van der Waals surface area contributed by atoms with Gasteiger partial charge in [0, 0.05) is 5.56 Å². The van der Waals surface area contributed by atoms with Crippen molar-refractivity contribution >= 4 is 22.7 Å². The Kier molecular flexibility index (Phi) is 4.59. The molecule has 2 heterocycles. The van der Waals surface area contributed by atoms with Gasteiger partial charge in [-0.2, -0.15) is 0 Å². The first-order chi connectivity index (χ1) is 15.4. The zero-order chi connectivity index (χ0) is 22.5. The number of amides is 3. The first-order valence-electron chi connectivity index (χ1n) is 10.5. The van der Waals surface area contributed by atoms with Crippen LogP contribution in [0.1, 0.15) is 29.3 Å². The van der Waals surface area contributed by atoms with E-state index in [1.165, 1.54) is 11.2 Å². The van der Waals surface area contributed by atoms with Crippen LogP contribution in [-0.4, -0.2) is 21.8 Å². The highest BCUT2D eigenvalue weighted by Gasteiger charge is 2.49. The molecule has 3 aromatic carbocycles. The summed E-state index contributed by atoms with van der Waals surface area (Å²) in [6, 6.07) is 19.2. The molecule has 160 valence electrons. The molecule has 32 heavy (non-hydrogen) atoms. The number of fused-ring (bicyclic) bond motifs is 1. The minimum absolute atomic E-state index is 0.0411. The Bertz CT molecular complexity index is 1370. The molecule has 1 fully saturated rings. The van der Waals surface area contributed by atoms with Crippen molar-refractivity contribution in [2.75, 3.05) is 0 Å². The topological polar surface area (TPSA) is 75.4 Å². The lowest BCUT2D eigenvalue weighted by Gasteiger charge is -2.24. The number of carbonyl (C=O) groups excluding carboxylic acids is 2. The Balaban J connectivity index is 1.44. The van der Waals surface area contributed by atoms with E-state index in [4.69, 9.17) is 4.42 Å². The molecule has 3 amide bonds. The second kappa shape index (κ2) is 7.34. The van der Waals surface area contributed by atoms with Gasteiger partial charge in [-0.05, 0) is 48.7 Å². The molecule has 1 saturated heterocycles. The van der Waals surface area contributed by atoms with E-state index < -0.39 is 11.6 Å². The van der Waals surface area contributed by atoms with Gasteiger partial charge in [0.25, 0.3) is 5.91 Å². The molecule has 1 atom stereocenters. The quantitative estimate of drug-likeness (QED) is 0.463. The zero-order valence-corrected chi connectivity index (χ0v) is 18.2. The molecular formula is C26H23N3O3. The number of oxazole rings is 1. The molecule has 1 aliphatic rings. The van der Waals surface area contributed by atoms with Gasteiger partial charge in [-0.15, -0.1) is 0 Å². The number of imide groups is 1. The molecule has 0 spiro atoms. The van der Waals surface area contributed by atoms with Gasteiger partial charge in [0.15, 0.2) is 0 Å². The van der Waals surface area contributed by atoms with Crippen LogP contribution in [0.4, 0.5) is 4.79 Å². The second-order valence-corrected chi connectivity index (χ2v) is 8.44. The highest BCUT2D eigenvalue weighted by Crippen LogP contribution is 2.34. The van der Waals surface area contributed by atoms with Crippen LogP contribution in [0.3, 0.4) is 0 Å². The summed E-state index contributed by atoms with van der Waals surface area (Å²) in [5.74, 6) is 0.163. The predicted octanol–water partition coefficient (Wildman–Crippen LogP) is 5.08. The van der Waals surface area contributed by atoms with Gasteiger partial charge in [-0.1, -0.05) is 60.2 Å². The molecule has 0 saturated carbocycles. The van der Waals surface area contributed by atoms with Gasteiger partial charge in [-0.25, -0.2) is 9.78 Å². The van der Waals surface area contributed by atoms with Crippen LogP contribution in [0.25, 0.3) is 22.2 Å². The van der Waals surface area contributed by atoms with Crippen molar-refractivity contribution in [2.24, 2.45) is 0 Å². The van der Waals surface area contributed by atoms with Gasteiger partial charge in [0.1, 0.15) is 11.8 Å². The smallest absolute Gasteiger partial charge is 0.325 e. The van der Waals surface area contributed by atoms with Crippen molar-refractivity contribution in [2.45, 2.75) is 32.9 Å². The number of hydrogen-bond donors (Lipinski definition) is 1. The fourth-order valence-corrected chi connectivity index (χ4v) is 4.40. The minimum Gasteiger partial charge on any atom is -0.444 e. The van der Waals surface area contributed by atoms with E-state index in [1.54, 1.807) is 6.92 Å². The first-order valence-corrected chi connectivity index (χ1v) is 10.5. The Morgan fingerprint density at radius 2 is 1.81 bits per heavy atom. The first kappa shape index (κ1) is 20.0. The van der Waals surface area contributed by atoms with E-state index in [9.17, 15) is 9.59 Å². The van der Waals surface area contributed by atoms with Crippen molar-refractivity contribution in [1.82, 2.24) is 15.2 Å². The SMILES string of the molecule is Cc1ccc(-c2nc(CN3C(=O)NC(C)(c4cccc5ccccc45)C3=O)co2)c(C)c1. The van der Waals surface area contributed by atoms with Gasteiger partial charge in [0.05, 0.1) is 12.2 Å². The molecule has 0 bridgehead atoms. The number of carbonyl (C=O) groups is 2. The summed E-state index contributed by atoms with van der Waals surface area (Å²) in [7, 11) is 0. The number of hydrogen-bond acceptors (Lipinski definition) is 4. The van der Waals surface area contributed by atoms with E-state index in [-0.39, 0.29) is 12.5 Å². The van der Waals surface area contributed by atoms with E-state index >= 15 is 0 Å². The normalized spacial score (nSPS) is 18.4. The van der Waals surface area contributed by atoms with E-state index in [0.717, 1.165) is 33.0 Å². The maximum atomic E-state index is 13.4. The van der Waals surface area contributed by atoms with Crippen LogP contribution < -0.4 is 5.32 Å². The largest absolute Gasteiger partial charge is 0.444 e. The number of nitrogens with one attached hydrogen (secondary N) is 1. The molecule has 1 N–H and O–H groups in total. The molecule has 1 aromatic heterocycles. The highest BCUT2D eigenvalue weighted by atomic mass is 16.3. The number of benzene rings is 3. The monoisotopic (exact) mass is 425 g/mol. The number of aromatic nitrogens is 1. The van der Waals surface area contributed by atoms with Crippen LogP contribution in [0.5, 0.6) is 0 Å². The summed E-state index contributed by atoms with van der Waals surface area (Å²) in [6.45, 7) is 5.82. The Hall–Kier alpha value is -3.93. The number of aryl methyl sites for hydroxylation is 2. The highest BCUT2D eigenvalue weighted by molar-refractivity contribution is 6.09. The Labute approximate surface area is 185 Å². The van der Waals surface area contributed by atoms with Gasteiger partial charge >= 0.3 is 6.03 Å². The average molecular weight is 425 g/mol. The third-order valence-electron chi connectivity index (χ3n) is 6.09. The van der Waals surface area contributed by atoms with Gasteiger partial charge in [0.2, 0.25) is 5.89 Å². The zero-order valence-electron chi connectivity index (χ0n) is 18.2. The molecule has 4 aromatic rings. The van der Waals surface area contributed by atoms with Gasteiger partial charge in [-0.3, -0.25) is 9.69 Å². The lowest BCUT2D eigenvalue weighted by atomic mass is 9.88. The van der Waals surface area contributed by atoms with E-state index in [1.807, 2.05) is 68.4 Å². The Morgan fingerprint density at radius 1 is 1.03 bits per heavy atom. The van der Waals surface area contributed by atoms with Crippen molar-refractivity contribution in [3.8, 4) is 11.5 Å². The van der Waals surface area contributed by atoms with Crippen LogP contribution in [-0.2, 0) is 16.9 Å². The lowest BCUT2D eigenvalue weighted by molar-refractivity contribution is -0.131. The summed E-state index contributed by atoms with van der Waals surface area (Å²) in [5, 5.41) is 4.84. The van der Waals surface area contributed by atoms with Crippen molar-refractivity contribution in [3.05, 3.63) is 89.3 Å². The summed E-state index contributed by atoms with van der Waals surface area (Å²) in [4.78, 5) is 32.0. The second-order valence-electron chi connectivity index (χ2n) is 8.44. The fourth-order valence-electron chi connectivity index (χ4n) is 4.40. The predicted molar refractivity (Wildman–Crippen MR) is 122 cm³/mol. The minimum atomic E-state index is -1.15. The van der Waals surface area contributed by atoms with Crippen LogP contribution in [0, 0.1) is 13.8 Å². The molecule has 0 radical (unpaired) electrons. The van der Waals surface area contributed by atoms with Crippen LogP contribution in [0.15, 0.2) is 71.3 Å². The maximum absolute atomic E-state index is 13.4. The van der Waals surface area contributed by atoms with Crippen LogP contribution >= 0.6 is 0 Å². The van der Waals surface area contributed by atoms with Crippen molar-refractivity contribution in [3.63, 3.8) is 0 Å². The molecule has 1 unspecified atom stereocenters. The molecule has 0 aliphatic carbocycles. The molecule has 5 rings (SSSR count). The Morgan fingerprint density at radius 3 is 2.62 bits per heavy atom.